The summed E-state index contributed by atoms with van der Waals surface area (Å²) < 4.78 is 6.65. The molecule has 1 aliphatic heterocycles. The molecule has 27 heavy (non-hydrogen) atoms. The molecule has 1 aliphatic rings. The molecule has 8 nitrogen and oxygen atoms in total. The maximum absolute atomic E-state index is 13.3. The largest absolute Gasteiger partial charge is 0.497 e. The molecule has 8 heteroatoms. The van der Waals surface area contributed by atoms with Crippen molar-refractivity contribution >= 4 is 16.6 Å². The Morgan fingerprint density at radius 3 is 2.67 bits per heavy atom. The van der Waals surface area contributed by atoms with Crippen LogP contribution in [0.5, 0.6) is 5.75 Å². The van der Waals surface area contributed by atoms with Crippen LogP contribution in [-0.4, -0.2) is 28.1 Å². The highest BCUT2D eigenvalue weighted by Gasteiger charge is 2.26. The zero-order chi connectivity index (χ0) is 19.0. The first-order chi connectivity index (χ1) is 13.1. The summed E-state index contributed by atoms with van der Waals surface area (Å²) in [6, 6.07) is 11.4. The molecule has 138 valence electrons. The molecule has 0 spiro atoms. The van der Waals surface area contributed by atoms with E-state index in [9.17, 15) is 14.9 Å². The highest BCUT2D eigenvalue weighted by molar-refractivity contribution is 5.87. The zero-order valence-corrected chi connectivity index (χ0v) is 14.7. The van der Waals surface area contributed by atoms with Gasteiger partial charge in [-0.3, -0.25) is 19.5 Å². The number of nitro groups is 1. The third-order valence-electron chi connectivity index (χ3n) is 4.80. The molecule has 0 amide bonds. The standard InChI is InChI=1S/C19H18N4O4/c1-27-13-9-7-12(8-10-13)22-18(15-5-3-11-20-15)21-14-4-2-6-16(23(25)26)17(14)19(22)24/h2,4,6-10,15,20H,3,5,11H2,1H3. The van der Waals surface area contributed by atoms with Crippen molar-refractivity contribution in [1.29, 1.82) is 0 Å². The van der Waals surface area contributed by atoms with Crippen molar-refractivity contribution in [1.82, 2.24) is 14.9 Å². The molecule has 1 fully saturated rings. The number of fused-ring (bicyclic) bond motifs is 1. The predicted octanol–water partition coefficient (Wildman–Crippen LogP) is 2.73. The van der Waals surface area contributed by atoms with Crippen LogP contribution in [0, 0.1) is 10.1 Å². The Morgan fingerprint density at radius 1 is 1.26 bits per heavy atom. The van der Waals surface area contributed by atoms with Gasteiger partial charge in [0.2, 0.25) is 0 Å². The Bertz CT molecular complexity index is 1070. The van der Waals surface area contributed by atoms with E-state index < -0.39 is 10.5 Å². The summed E-state index contributed by atoms with van der Waals surface area (Å²) >= 11 is 0. The van der Waals surface area contributed by atoms with E-state index in [4.69, 9.17) is 4.74 Å². The average Bonchev–Trinajstić information content (AvgIpc) is 3.22. The van der Waals surface area contributed by atoms with Gasteiger partial charge in [0, 0.05) is 6.07 Å². The van der Waals surface area contributed by atoms with Gasteiger partial charge in [-0.15, -0.1) is 0 Å². The number of nitrogens with one attached hydrogen (secondary N) is 1. The molecule has 1 atom stereocenters. The molecule has 1 aromatic heterocycles. The van der Waals surface area contributed by atoms with Crippen LogP contribution in [0.2, 0.25) is 0 Å². The number of hydrogen-bond donors (Lipinski definition) is 1. The molecule has 0 radical (unpaired) electrons. The van der Waals surface area contributed by atoms with E-state index in [0.29, 0.717) is 22.8 Å². The maximum Gasteiger partial charge on any atom is 0.284 e. The summed E-state index contributed by atoms with van der Waals surface area (Å²) in [4.78, 5) is 28.9. The van der Waals surface area contributed by atoms with Gasteiger partial charge in [0.15, 0.2) is 0 Å². The molecule has 0 bridgehead atoms. The highest BCUT2D eigenvalue weighted by Crippen LogP contribution is 2.28. The zero-order valence-electron chi connectivity index (χ0n) is 14.7. The minimum atomic E-state index is -0.544. The Kier molecular flexibility index (Phi) is 4.33. The molecule has 2 heterocycles. The lowest BCUT2D eigenvalue weighted by molar-refractivity contribution is -0.383. The van der Waals surface area contributed by atoms with E-state index in [1.807, 2.05) is 0 Å². The third-order valence-corrected chi connectivity index (χ3v) is 4.80. The first-order valence-electron chi connectivity index (χ1n) is 8.68. The highest BCUT2D eigenvalue weighted by atomic mass is 16.6. The molecule has 0 aliphatic carbocycles. The fourth-order valence-corrected chi connectivity index (χ4v) is 3.50. The normalized spacial score (nSPS) is 16.6. The predicted molar refractivity (Wildman–Crippen MR) is 101 cm³/mol. The van der Waals surface area contributed by atoms with Crippen LogP contribution in [0.25, 0.3) is 16.6 Å². The van der Waals surface area contributed by atoms with Gasteiger partial charge in [0.05, 0.1) is 29.3 Å². The fraction of sp³-hybridized carbons (Fsp3) is 0.263. The van der Waals surface area contributed by atoms with Crippen molar-refractivity contribution in [2.24, 2.45) is 0 Å². The van der Waals surface area contributed by atoms with Gasteiger partial charge >= 0.3 is 0 Å². The summed E-state index contributed by atoms with van der Waals surface area (Å²) in [5, 5.41) is 14.8. The lowest BCUT2D eigenvalue weighted by atomic mass is 10.1. The second-order valence-corrected chi connectivity index (χ2v) is 6.39. The first kappa shape index (κ1) is 17.2. The van der Waals surface area contributed by atoms with Crippen LogP contribution in [0.4, 0.5) is 5.69 Å². The third kappa shape index (κ3) is 2.93. The number of rotatable bonds is 4. The van der Waals surface area contributed by atoms with Crippen LogP contribution in [0.3, 0.4) is 0 Å². The van der Waals surface area contributed by atoms with Crippen molar-refractivity contribution in [3.63, 3.8) is 0 Å². The quantitative estimate of drug-likeness (QED) is 0.563. The van der Waals surface area contributed by atoms with Crippen LogP contribution >= 0.6 is 0 Å². The van der Waals surface area contributed by atoms with E-state index in [1.54, 1.807) is 43.5 Å². The number of benzene rings is 2. The molecule has 2 aromatic carbocycles. The van der Waals surface area contributed by atoms with E-state index in [1.165, 1.54) is 10.6 Å². The van der Waals surface area contributed by atoms with Crippen molar-refractivity contribution in [2.45, 2.75) is 18.9 Å². The average molecular weight is 366 g/mol. The number of methoxy groups -OCH3 is 1. The minimum absolute atomic E-state index is 0.0139. The summed E-state index contributed by atoms with van der Waals surface area (Å²) in [5.74, 6) is 1.22. The Balaban J connectivity index is 2.04. The Hall–Kier alpha value is -3.26. The van der Waals surface area contributed by atoms with Crippen LogP contribution in [0.15, 0.2) is 47.3 Å². The number of non-ortho nitro benzene ring substituents is 1. The molecular formula is C19H18N4O4. The number of aromatic nitrogens is 2. The number of hydrogen-bond acceptors (Lipinski definition) is 6. The monoisotopic (exact) mass is 366 g/mol. The maximum atomic E-state index is 13.3. The Morgan fingerprint density at radius 2 is 2.04 bits per heavy atom. The molecule has 1 saturated heterocycles. The van der Waals surface area contributed by atoms with Crippen molar-refractivity contribution < 1.29 is 9.66 Å². The lowest BCUT2D eigenvalue weighted by Gasteiger charge is -2.18. The smallest absolute Gasteiger partial charge is 0.284 e. The number of nitro benzene ring substituents is 1. The Labute approximate surface area is 154 Å². The van der Waals surface area contributed by atoms with E-state index in [0.717, 1.165) is 19.4 Å². The first-order valence-corrected chi connectivity index (χ1v) is 8.68. The van der Waals surface area contributed by atoms with Gasteiger partial charge in [0.1, 0.15) is 17.0 Å². The van der Waals surface area contributed by atoms with Crippen molar-refractivity contribution in [2.75, 3.05) is 13.7 Å². The van der Waals surface area contributed by atoms with Gasteiger partial charge in [-0.05, 0) is 49.7 Å². The van der Waals surface area contributed by atoms with Crippen molar-refractivity contribution in [3.05, 3.63) is 68.8 Å². The molecule has 1 unspecified atom stereocenters. The molecular weight excluding hydrogens is 348 g/mol. The molecule has 1 N–H and O–H groups in total. The van der Waals surface area contributed by atoms with Gasteiger partial charge in [-0.25, -0.2) is 4.98 Å². The molecule has 0 saturated carbocycles. The lowest BCUT2D eigenvalue weighted by Crippen LogP contribution is -2.29. The van der Waals surface area contributed by atoms with Gasteiger partial charge in [-0.1, -0.05) is 6.07 Å². The van der Waals surface area contributed by atoms with Crippen LogP contribution in [-0.2, 0) is 0 Å². The number of nitrogens with zero attached hydrogens (tertiary/aromatic N) is 3. The van der Waals surface area contributed by atoms with Crippen LogP contribution < -0.4 is 15.6 Å². The van der Waals surface area contributed by atoms with Gasteiger partial charge < -0.3 is 10.1 Å². The second-order valence-electron chi connectivity index (χ2n) is 6.39. The second kappa shape index (κ2) is 6.81. The summed E-state index contributed by atoms with van der Waals surface area (Å²) in [5.41, 5.74) is 0.249. The van der Waals surface area contributed by atoms with E-state index in [-0.39, 0.29) is 17.1 Å². The summed E-state index contributed by atoms with van der Waals surface area (Å²) in [6.45, 7) is 0.843. The molecule has 3 aromatic rings. The van der Waals surface area contributed by atoms with Gasteiger partial charge in [0.25, 0.3) is 11.2 Å². The van der Waals surface area contributed by atoms with Crippen molar-refractivity contribution in [3.8, 4) is 11.4 Å². The fourth-order valence-electron chi connectivity index (χ4n) is 3.50. The minimum Gasteiger partial charge on any atom is -0.497 e. The SMILES string of the molecule is COc1ccc(-n2c(C3CCCN3)nc3cccc([N+](=O)[O-])c3c2=O)cc1. The topological polar surface area (TPSA) is 99.3 Å². The number of ether oxygens (including phenoxy) is 1. The van der Waals surface area contributed by atoms with Crippen LogP contribution in [0.1, 0.15) is 24.7 Å². The summed E-state index contributed by atoms with van der Waals surface area (Å²) in [6.07, 6.45) is 1.83. The van der Waals surface area contributed by atoms with E-state index in [2.05, 4.69) is 10.3 Å². The van der Waals surface area contributed by atoms with E-state index >= 15 is 0 Å². The molecule has 4 rings (SSSR count). The van der Waals surface area contributed by atoms with Gasteiger partial charge in [-0.2, -0.15) is 0 Å². The summed E-state index contributed by atoms with van der Waals surface area (Å²) in [7, 11) is 1.57.